The summed E-state index contributed by atoms with van der Waals surface area (Å²) in [6.07, 6.45) is 1.53. The zero-order valence-electron chi connectivity index (χ0n) is 9.10. The third kappa shape index (κ3) is 2.40. The molecule has 0 aromatic heterocycles. The Bertz CT molecular complexity index is 356. The highest BCUT2D eigenvalue weighted by atomic mass is 16.1. The van der Waals surface area contributed by atoms with E-state index in [9.17, 15) is 4.79 Å². The van der Waals surface area contributed by atoms with Crippen molar-refractivity contribution in [2.75, 3.05) is 0 Å². The van der Waals surface area contributed by atoms with Gasteiger partial charge in [0.2, 0.25) is 0 Å². The Hall–Kier alpha value is -1.39. The van der Waals surface area contributed by atoms with Gasteiger partial charge < -0.3 is 16.8 Å². The van der Waals surface area contributed by atoms with E-state index in [0.29, 0.717) is 5.56 Å². The third-order valence-corrected chi connectivity index (χ3v) is 3.03. The Morgan fingerprint density at radius 2 is 1.69 bits per heavy atom. The van der Waals surface area contributed by atoms with Crippen molar-refractivity contribution in [1.29, 1.82) is 0 Å². The van der Waals surface area contributed by atoms with Crippen molar-refractivity contribution in [2.24, 2.45) is 11.5 Å². The van der Waals surface area contributed by atoms with E-state index in [1.54, 1.807) is 12.1 Å². The van der Waals surface area contributed by atoms with Crippen LogP contribution in [-0.4, -0.2) is 24.0 Å². The summed E-state index contributed by atoms with van der Waals surface area (Å²) in [5.74, 6) is -0.0492. The second-order valence-electron chi connectivity index (χ2n) is 4.34. The van der Waals surface area contributed by atoms with Crippen LogP contribution in [0, 0.1) is 0 Å². The average molecular weight is 219 g/mol. The second-order valence-corrected chi connectivity index (χ2v) is 4.34. The van der Waals surface area contributed by atoms with E-state index in [0.717, 1.165) is 12.8 Å². The van der Waals surface area contributed by atoms with E-state index >= 15 is 0 Å². The summed E-state index contributed by atoms with van der Waals surface area (Å²) in [5.41, 5.74) is 12.3. The summed E-state index contributed by atoms with van der Waals surface area (Å²) in [6, 6.07) is 9.29. The monoisotopic (exact) mass is 219 g/mol. The molecule has 1 aromatic carbocycles. The number of nitrogens with one attached hydrogen (secondary N) is 1. The lowest BCUT2D eigenvalue weighted by Crippen LogP contribution is -2.35. The Balaban J connectivity index is 1.94. The van der Waals surface area contributed by atoms with Crippen LogP contribution < -0.4 is 16.8 Å². The minimum Gasteiger partial charge on any atom is -0.349 e. The van der Waals surface area contributed by atoms with Crippen LogP contribution >= 0.6 is 0 Å². The second kappa shape index (κ2) is 4.63. The van der Waals surface area contributed by atoms with E-state index in [1.807, 2.05) is 18.2 Å². The Kier molecular flexibility index (Phi) is 3.22. The molecule has 1 amide bonds. The minimum atomic E-state index is -0.0492. The van der Waals surface area contributed by atoms with Crippen LogP contribution in [-0.2, 0) is 0 Å². The maximum absolute atomic E-state index is 11.8. The van der Waals surface area contributed by atoms with E-state index in [4.69, 9.17) is 11.5 Å². The number of nitrogens with two attached hydrogens (primary N) is 2. The number of carbonyl (C=O) groups is 1. The van der Waals surface area contributed by atoms with Crippen LogP contribution in [0.25, 0.3) is 0 Å². The first-order valence-electron chi connectivity index (χ1n) is 5.54. The van der Waals surface area contributed by atoms with Gasteiger partial charge in [-0.05, 0) is 25.0 Å². The van der Waals surface area contributed by atoms with Gasteiger partial charge in [0.05, 0.1) is 0 Å². The molecule has 4 nitrogen and oxygen atoms in total. The first-order valence-corrected chi connectivity index (χ1v) is 5.54. The topological polar surface area (TPSA) is 81.1 Å². The van der Waals surface area contributed by atoms with E-state index < -0.39 is 0 Å². The van der Waals surface area contributed by atoms with Crippen molar-refractivity contribution in [3.8, 4) is 0 Å². The summed E-state index contributed by atoms with van der Waals surface area (Å²) in [4.78, 5) is 11.8. The molecule has 16 heavy (non-hydrogen) atoms. The largest absolute Gasteiger partial charge is 0.349 e. The molecular formula is C12H17N3O. The molecule has 2 unspecified atom stereocenters. The smallest absolute Gasteiger partial charge is 0.251 e. The molecule has 4 heteroatoms. The molecule has 0 radical (unpaired) electrons. The van der Waals surface area contributed by atoms with E-state index in [2.05, 4.69) is 5.32 Å². The molecule has 1 saturated carbocycles. The van der Waals surface area contributed by atoms with Gasteiger partial charge in [0.15, 0.2) is 0 Å². The maximum Gasteiger partial charge on any atom is 0.251 e. The van der Waals surface area contributed by atoms with Crippen LogP contribution in [0.3, 0.4) is 0 Å². The normalized spacial score (nSPS) is 29.0. The van der Waals surface area contributed by atoms with Gasteiger partial charge in [0.25, 0.3) is 5.91 Å². The van der Waals surface area contributed by atoms with Gasteiger partial charge in [-0.3, -0.25) is 4.79 Å². The molecule has 86 valence electrons. The maximum atomic E-state index is 11.8. The van der Waals surface area contributed by atoms with Crippen LogP contribution in [0.2, 0.25) is 0 Å². The standard InChI is InChI=1S/C12H17N3O/c13-10-6-9(7-11(10)14)15-12(16)8-4-2-1-3-5-8/h1-5,9-11H,6-7,13-14H2,(H,15,16). The van der Waals surface area contributed by atoms with Crippen molar-refractivity contribution < 1.29 is 4.79 Å². The van der Waals surface area contributed by atoms with Crippen LogP contribution in [0.4, 0.5) is 0 Å². The average Bonchev–Trinajstić information content (AvgIpc) is 2.59. The molecule has 1 aromatic rings. The Labute approximate surface area is 95.0 Å². The van der Waals surface area contributed by atoms with Gasteiger partial charge in [-0.1, -0.05) is 18.2 Å². The lowest BCUT2D eigenvalue weighted by Gasteiger charge is -2.12. The fourth-order valence-electron chi connectivity index (χ4n) is 2.08. The van der Waals surface area contributed by atoms with E-state index in [-0.39, 0.29) is 24.0 Å². The van der Waals surface area contributed by atoms with Crippen LogP contribution in [0.15, 0.2) is 30.3 Å². The SMILES string of the molecule is NC1CC(NC(=O)c2ccccc2)CC1N. The zero-order valence-corrected chi connectivity index (χ0v) is 9.10. The highest BCUT2D eigenvalue weighted by molar-refractivity contribution is 5.94. The fourth-order valence-corrected chi connectivity index (χ4v) is 2.08. The number of rotatable bonds is 2. The third-order valence-electron chi connectivity index (χ3n) is 3.03. The predicted molar refractivity (Wildman–Crippen MR) is 62.9 cm³/mol. The van der Waals surface area contributed by atoms with Crippen molar-refractivity contribution in [1.82, 2.24) is 5.32 Å². The number of hydrogen-bond acceptors (Lipinski definition) is 3. The minimum absolute atomic E-state index is 0.000994. The molecule has 0 aliphatic heterocycles. The molecule has 2 rings (SSSR count). The first-order chi connectivity index (χ1) is 7.66. The lowest BCUT2D eigenvalue weighted by molar-refractivity contribution is 0.0937. The molecule has 0 spiro atoms. The van der Waals surface area contributed by atoms with Crippen molar-refractivity contribution in [3.05, 3.63) is 35.9 Å². The fraction of sp³-hybridized carbons (Fsp3) is 0.417. The van der Waals surface area contributed by atoms with Crippen molar-refractivity contribution >= 4 is 5.91 Å². The molecular weight excluding hydrogens is 202 g/mol. The van der Waals surface area contributed by atoms with Gasteiger partial charge in [-0.2, -0.15) is 0 Å². The number of hydrogen-bond donors (Lipinski definition) is 3. The lowest BCUT2D eigenvalue weighted by atomic mass is 10.2. The van der Waals surface area contributed by atoms with Crippen molar-refractivity contribution in [2.45, 2.75) is 31.0 Å². The van der Waals surface area contributed by atoms with Gasteiger partial charge in [-0.15, -0.1) is 0 Å². The molecule has 0 bridgehead atoms. The highest BCUT2D eigenvalue weighted by Crippen LogP contribution is 2.16. The first kappa shape index (κ1) is 11.1. The Morgan fingerprint density at radius 3 is 2.25 bits per heavy atom. The van der Waals surface area contributed by atoms with Crippen molar-refractivity contribution in [3.63, 3.8) is 0 Å². The van der Waals surface area contributed by atoms with E-state index in [1.165, 1.54) is 0 Å². The molecule has 0 saturated heterocycles. The van der Waals surface area contributed by atoms with Gasteiger partial charge >= 0.3 is 0 Å². The number of carbonyl (C=O) groups excluding carboxylic acids is 1. The number of amides is 1. The molecule has 1 fully saturated rings. The molecule has 5 N–H and O–H groups in total. The number of benzene rings is 1. The molecule has 1 aliphatic rings. The quantitative estimate of drug-likeness (QED) is 0.666. The summed E-state index contributed by atoms with van der Waals surface area (Å²) < 4.78 is 0. The molecule has 0 heterocycles. The highest BCUT2D eigenvalue weighted by Gasteiger charge is 2.30. The van der Waals surface area contributed by atoms with Gasteiger partial charge in [-0.25, -0.2) is 0 Å². The summed E-state index contributed by atoms with van der Waals surface area (Å²) in [7, 11) is 0. The van der Waals surface area contributed by atoms with Gasteiger partial charge in [0.1, 0.15) is 0 Å². The summed E-state index contributed by atoms with van der Waals surface area (Å²) in [6.45, 7) is 0. The van der Waals surface area contributed by atoms with Gasteiger partial charge in [0, 0.05) is 23.7 Å². The molecule has 2 atom stereocenters. The summed E-state index contributed by atoms with van der Waals surface area (Å²) >= 11 is 0. The molecule has 1 aliphatic carbocycles. The zero-order chi connectivity index (χ0) is 11.5. The van der Waals surface area contributed by atoms with Crippen LogP contribution in [0.1, 0.15) is 23.2 Å². The van der Waals surface area contributed by atoms with Crippen LogP contribution in [0.5, 0.6) is 0 Å². The Morgan fingerprint density at radius 1 is 1.12 bits per heavy atom. The summed E-state index contributed by atoms with van der Waals surface area (Å²) in [5, 5.41) is 2.96. The predicted octanol–water partition coefficient (Wildman–Crippen LogP) is 0.233.